The summed E-state index contributed by atoms with van der Waals surface area (Å²) in [6.07, 6.45) is 3.03. The molecule has 0 atom stereocenters. The summed E-state index contributed by atoms with van der Waals surface area (Å²) in [4.78, 5) is 29.9. The van der Waals surface area contributed by atoms with Gasteiger partial charge in [0.1, 0.15) is 5.76 Å². The minimum atomic E-state index is -0.287. The molecule has 0 aliphatic rings. The summed E-state index contributed by atoms with van der Waals surface area (Å²) in [5.74, 6) is 0.664. The number of aromatic nitrogens is 3. The third-order valence-electron chi connectivity index (χ3n) is 4.87. The van der Waals surface area contributed by atoms with Crippen molar-refractivity contribution in [3.63, 3.8) is 0 Å². The third kappa shape index (κ3) is 3.27. The van der Waals surface area contributed by atoms with Gasteiger partial charge >= 0.3 is 0 Å². The highest BCUT2D eigenvalue weighted by atomic mass is 35.5. The second-order valence-electron chi connectivity index (χ2n) is 6.71. The molecule has 0 radical (unpaired) electrons. The van der Waals surface area contributed by atoms with Gasteiger partial charge in [-0.15, -0.1) is 0 Å². The van der Waals surface area contributed by atoms with Crippen molar-refractivity contribution in [3.8, 4) is 0 Å². The second kappa shape index (κ2) is 7.13. The molecular formula is C21H18ClN3O3. The number of Topliss-reactive ketones (excluding diaryl/α,β-unsaturated/α-hetero) is 1. The van der Waals surface area contributed by atoms with Crippen LogP contribution in [0, 0.1) is 13.8 Å². The number of rotatable bonds is 5. The summed E-state index contributed by atoms with van der Waals surface area (Å²) in [7, 11) is 0. The summed E-state index contributed by atoms with van der Waals surface area (Å²) >= 11 is 5.99. The molecular weight excluding hydrogens is 378 g/mol. The lowest BCUT2D eigenvalue weighted by Gasteiger charge is -2.09. The molecule has 4 rings (SSSR count). The fourth-order valence-electron chi connectivity index (χ4n) is 3.37. The highest BCUT2D eigenvalue weighted by Gasteiger charge is 2.18. The number of aryl methyl sites for hydroxylation is 1. The number of ketones is 1. The third-order valence-corrected chi connectivity index (χ3v) is 5.10. The molecule has 0 aliphatic carbocycles. The van der Waals surface area contributed by atoms with E-state index in [1.165, 1.54) is 10.9 Å². The van der Waals surface area contributed by atoms with Gasteiger partial charge in [-0.3, -0.25) is 14.2 Å². The van der Waals surface area contributed by atoms with Gasteiger partial charge in [-0.2, -0.15) is 0 Å². The summed E-state index contributed by atoms with van der Waals surface area (Å²) < 4.78 is 8.75. The van der Waals surface area contributed by atoms with Crippen molar-refractivity contribution in [1.82, 2.24) is 14.1 Å². The number of carbonyl (C=O) groups excluding carboxylic acids is 1. The van der Waals surface area contributed by atoms with E-state index in [1.807, 2.05) is 36.6 Å². The first-order valence-corrected chi connectivity index (χ1v) is 9.19. The molecule has 0 saturated carbocycles. The molecule has 0 aliphatic heterocycles. The largest absolute Gasteiger partial charge is 0.467 e. The van der Waals surface area contributed by atoms with Crippen molar-refractivity contribution in [2.75, 3.05) is 0 Å². The highest BCUT2D eigenvalue weighted by Crippen LogP contribution is 2.19. The molecule has 28 heavy (non-hydrogen) atoms. The molecule has 0 unspecified atom stereocenters. The van der Waals surface area contributed by atoms with Crippen molar-refractivity contribution in [3.05, 3.63) is 87.1 Å². The predicted molar refractivity (Wildman–Crippen MR) is 107 cm³/mol. The Morgan fingerprint density at radius 3 is 2.79 bits per heavy atom. The monoisotopic (exact) mass is 395 g/mol. The Hall–Kier alpha value is -3.12. The predicted octanol–water partition coefficient (Wildman–Crippen LogP) is 3.99. The molecule has 142 valence electrons. The van der Waals surface area contributed by atoms with Crippen molar-refractivity contribution in [2.45, 2.75) is 26.9 Å². The maximum atomic E-state index is 12.9. The zero-order valence-corrected chi connectivity index (χ0v) is 16.2. The molecule has 0 fully saturated rings. The zero-order chi connectivity index (χ0) is 19.8. The molecule has 3 aromatic heterocycles. The summed E-state index contributed by atoms with van der Waals surface area (Å²) in [6.45, 7) is 4.30. The van der Waals surface area contributed by atoms with Gasteiger partial charge in [-0.1, -0.05) is 11.6 Å². The average molecular weight is 396 g/mol. The Balaban J connectivity index is 1.65. The number of benzene rings is 1. The quantitative estimate of drug-likeness (QED) is 0.479. The molecule has 0 amide bonds. The molecule has 0 spiro atoms. The molecule has 3 heterocycles. The van der Waals surface area contributed by atoms with Gasteiger partial charge in [0.25, 0.3) is 5.56 Å². The maximum Gasteiger partial charge on any atom is 0.261 e. The Morgan fingerprint density at radius 1 is 1.21 bits per heavy atom. The summed E-state index contributed by atoms with van der Waals surface area (Å²) in [5, 5.41) is 0.850. The van der Waals surface area contributed by atoms with Crippen molar-refractivity contribution in [1.29, 1.82) is 0 Å². The average Bonchev–Trinajstić information content (AvgIpc) is 3.28. The number of fused-ring (bicyclic) bond motifs is 1. The fraction of sp³-hybridized carbons (Fsp3) is 0.190. The molecule has 6 nitrogen and oxygen atoms in total. The van der Waals surface area contributed by atoms with E-state index in [0.29, 0.717) is 28.0 Å². The van der Waals surface area contributed by atoms with Gasteiger partial charge < -0.3 is 8.98 Å². The maximum absolute atomic E-state index is 12.9. The van der Waals surface area contributed by atoms with E-state index < -0.39 is 0 Å². The number of carbonyl (C=O) groups is 1. The van der Waals surface area contributed by atoms with Gasteiger partial charge in [0.05, 0.1) is 36.6 Å². The first kappa shape index (κ1) is 18.3. The van der Waals surface area contributed by atoms with E-state index in [-0.39, 0.29) is 17.9 Å². The lowest BCUT2D eigenvalue weighted by molar-refractivity contribution is 0.0970. The molecule has 0 bridgehead atoms. The molecule has 0 N–H and O–H groups in total. The van der Waals surface area contributed by atoms with Crippen LogP contribution in [0.4, 0.5) is 0 Å². The van der Waals surface area contributed by atoms with E-state index >= 15 is 0 Å². The van der Waals surface area contributed by atoms with Crippen LogP contribution in [-0.2, 0) is 13.1 Å². The first-order valence-electron chi connectivity index (χ1n) is 8.81. The van der Waals surface area contributed by atoms with Crippen molar-refractivity contribution >= 4 is 28.3 Å². The van der Waals surface area contributed by atoms with E-state index in [0.717, 1.165) is 17.1 Å². The van der Waals surface area contributed by atoms with Gasteiger partial charge in [-0.25, -0.2) is 4.98 Å². The van der Waals surface area contributed by atoms with Crippen LogP contribution in [0.15, 0.2) is 58.2 Å². The number of halogens is 1. The minimum absolute atomic E-state index is 0.0840. The van der Waals surface area contributed by atoms with Crippen LogP contribution in [-0.4, -0.2) is 19.9 Å². The lowest BCUT2D eigenvalue weighted by Crippen LogP contribution is -2.25. The number of hydrogen-bond acceptors (Lipinski definition) is 4. The van der Waals surface area contributed by atoms with E-state index in [1.54, 1.807) is 24.5 Å². The minimum Gasteiger partial charge on any atom is -0.467 e. The zero-order valence-electron chi connectivity index (χ0n) is 15.5. The Kier molecular flexibility index (Phi) is 4.65. The summed E-state index contributed by atoms with van der Waals surface area (Å²) in [6, 6.07) is 10.5. The normalized spacial score (nSPS) is 11.2. The van der Waals surface area contributed by atoms with Gasteiger partial charge in [0.15, 0.2) is 5.78 Å². The topological polar surface area (TPSA) is 70.0 Å². The second-order valence-corrected chi connectivity index (χ2v) is 7.15. The van der Waals surface area contributed by atoms with Crippen LogP contribution in [0.25, 0.3) is 10.9 Å². The van der Waals surface area contributed by atoms with Gasteiger partial charge in [0.2, 0.25) is 0 Å². The van der Waals surface area contributed by atoms with Crippen LogP contribution in [0.3, 0.4) is 0 Å². The van der Waals surface area contributed by atoms with Gasteiger partial charge in [-0.05, 0) is 50.2 Å². The summed E-state index contributed by atoms with van der Waals surface area (Å²) in [5.41, 5.74) is 2.64. The standard InChI is InChI=1S/C21H18ClN3O3/c1-13-8-17(14(2)25(13)10-16-4-3-7-28-16)20(26)11-24-12-23-19-6-5-15(22)9-18(19)21(24)27/h3-9,12H,10-11H2,1-2H3. The van der Waals surface area contributed by atoms with Crippen LogP contribution in [0.1, 0.15) is 27.5 Å². The van der Waals surface area contributed by atoms with Crippen LogP contribution in [0.2, 0.25) is 5.02 Å². The Bertz CT molecular complexity index is 1240. The number of hydrogen-bond donors (Lipinski definition) is 0. The van der Waals surface area contributed by atoms with E-state index in [2.05, 4.69) is 4.98 Å². The fourth-order valence-corrected chi connectivity index (χ4v) is 3.54. The van der Waals surface area contributed by atoms with Crippen LogP contribution in [0.5, 0.6) is 0 Å². The molecule has 7 heteroatoms. The molecule has 4 aromatic rings. The van der Waals surface area contributed by atoms with Crippen LogP contribution >= 0.6 is 11.6 Å². The Labute approximate surface area is 166 Å². The number of furan rings is 1. The highest BCUT2D eigenvalue weighted by molar-refractivity contribution is 6.31. The van der Waals surface area contributed by atoms with Crippen LogP contribution < -0.4 is 5.56 Å². The van der Waals surface area contributed by atoms with Crippen molar-refractivity contribution in [2.24, 2.45) is 0 Å². The SMILES string of the molecule is Cc1cc(C(=O)Cn2cnc3ccc(Cl)cc3c2=O)c(C)n1Cc1ccco1. The smallest absolute Gasteiger partial charge is 0.261 e. The Morgan fingerprint density at radius 2 is 2.04 bits per heavy atom. The first-order chi connectivity index (χ1) is 13.4. The molecule has 1 aromatic carbocycles. The van der Waals surface area contributed by atoms with E-state index in [9.17, 15) is 9.59 Å². The van der Waals surface area contributed by atoms with Crippen molar-refractivity contribution < 1.29 is 9.21 Å². The lowest BCUT2D eigenvalue weighted by atomic mass is 10.1. The molecule has 0 saturated heterocycles. The van der Waals surface area contributed by atoms with Gasteiger partial charge in [0, 0.05) is 22.0 Å². The van der Waals surface area contributed by atoms with E-state index in [4.69, 9.17) is 16.0 Å². The number of nitrogens with zero attached hydrogens (tertiary/aromatic N) is 3.